The van der Waals surface area contributed by atoms with Crippen LogP contribution in [0.1, 0.15) is 40.5 Å². The summed E-state index contributed by atoms with van der Waals surface area (Å²) >= 11 is 2.12. The highest BCUT2D eigenvalue weighted by atomic mass is 32.2. The average molecular weight is 174 g/mol. The molecule has 0 spiro atoms. The minimum atomic E-state index is 0.907. The van der Waals surface area contributed by atoms with E-state index in [0.29, 0.717) is 0 Å². The van der Waals surface area contributed by atoms with E-state index in [4.69, 9.17) is 0 Å². The molecule has 2 unspecified atom stereocenters. The largest absolute Gasteiger partial charge is 0.161 e. The molecule has 0 fully saturated rings. The molecule has 0 saturated heterocycles. The highest BCUT2D eigenvalue weighted by Crippen LogP contribution is 2.15. The van der Waals surface area contributed by atoms with E-state index < -0.39 is 0 Å². The van der Waals surface area contributed by atoms with Gasteiger partial charge in [0.05, 0.1) is 0 Å². The molecule has 0 aliphatic carbocycles. The lowest BCUT2D eigenvalue weighted by Gasteiger charge is -2.10. The lowest BCUT2D eigenvalue weighted by molar-refractivity contribution is 0.621. The second-order valence-corrected chi connectivity index (χ2v) is 4.64. The van der Waals surface area contributed by atoms with Gasteiger partial charge in [0.25, 0.3) is 0 Å². The molecule has 0 aliphatic rings. The molecule has 11 heavy (non-hydrogen) atoms. The SMILES string of the molecule is CCC(C)CSCC(C)CC. The van der Waals surface area contributed by atoms with Gasteiger partial charge in [0.2, 0.25) is 0 Å². The molecular formula is C10H22S. The summed E-state index contributed by atoms with van der Waals surface area (Å²) in [5, 5.41) is 0. The van der Waals surface area contributed by atoms with Crippen molar-refractivity contribution in [2.24, 2.45) is 11.8 Å². The molecule has 0 bridgehead atoms. The number of hydrogen-bond donors (Lipinski definition) is 0. The van der Waals surface area contributed by atoms with E-state index in [9.17, 15) is 0 Å². The molecule has 0 aromatic rings. The van der Waals surface area contributed by atoms with Crippen LogP contribution in [-0.4, -0.2) is 11.5 Å². The van der Waals surface area contributed by atoms with Crippen molar-refractivity contribution in [2.45, 2.75) is 40.5 Å². The van der Waals surface area contributed by atoms with E-state index >= 15 is 0 Å². The maximum Gasteiger partial charge on any atom is -0.00418 e. The van der Waals surface area contributed by atoms with Crippen LogP contribution in [0.2, 0.25) is 0 Å². The van der Waals surface area contributed by atoms with Gasteiger partial charge in [-0.15, -0.1) is 0 Å². The van der Waals surface area contributed by atoms with Gasteiger partial charge in [0, 0.05) is 0 Å². The first-order valence-electron chi connectivity index (χ1n) is 4.78. The molecule has 0 aromatic carbocycles. The molecule has 0 radical (unpaired) electrons. The molecule has 0 N–H and O–H groups in total. The van der Waals surface area contributed by atoms with E-state index in [0.717, 1.165) is 11.8 Å². The van der Waals surface area contributed by atoms with Crippen LogP contribution in [0, 0.1) is 11.8 Å². The van der Waals surface area contributed by atoms with Gasteiger partial charge in [-0.2, -0.15) is 11.8 Å². The third-order valence-electron chi connectivity index (χ3n) is 2.20. The molecule has 0 nitrogen and oxygen atoms in total. The Hall–Kier alpha value is 0.350. The molecule has 0 saturated carbocycles. The van der Waals surface area contributed by atoms with Crippen LogP contribution in [0.25, 0.3) is 0 Å². The highest BCUT2D eigenvalue weighted by molar-refractivity contribution is 7.99. The Kier molecular flexibility index (Phi) is 7.25. The molecule has 1 heteroatoms. The van der Waals surface area contributed by atoms with E-state index in [1.165, 1.54) is 24.3 Å². The summed E-state index contributed by atoms with van der Waals surface area (Å²) in [5.74, 6) is 4.51. The van der Waals surface area contributed by atoms with Crippen LogP contribution < -0.4 is 0 Å². The fourth-order valence-electron chi connectivity index (χ4n) is 0.706. The lowest BCUT2D eigenvalue weighted by Crippen LogP contribution is -2.01. The lowest BCUT2D eigenvalue weighted by atomic mass is 10.2. The van der Waals surface area contributed by atoms with Crippen molar-refractivity contribution in [3.05, 3.63) is 0 Å². The maximum atomic E-state index is 2.34. The molecule has 0 aliphatic heterocycles. The van der Waals surface area contributed by atoms with Gasteiger partial charge in [0.1, 0.15) is 0 Å². The predicted octanol–water partition coefficient (Wildman–Crippen LogP) is 3.81. The van der Waals surface area contributed by atoms with E-state index in [1.807, 2.05) is 0 Å². The van der Waals surface area contributed by atoms with Gasteiger partial charge in [-0.3, -0.25) is 0 Å². The van der Waals surface area contributed by atoms with E-state index in [-0.39, 0.29) is 0 Å². The third-order valence-corrected chi connectivity index (χ3v) is 3.81. The Morgan fingerprint density at radius 2 is 1.27 bits per heavy atom. The first kappa shape index (κ1) is 11.4. The van der Waals surface area contributed by atoms with Gasteiger partial charge in [-0.25, -0.2) is 0 Å². The van der Waals surface area contributed by atoms with Crippen LogP contribution in [0.4, 0.5) is 0 Å². The summed E-state index contributed by atoms with van der Waals surface area (Å²) in [6.45, 7) is 9.22. The van der Waals surface area contributed by atoms with E-state index in [1.54, 1.807) is 0 Å². The van der Waals surface area contributed by atoms with Gasteiger partial charge in [-0.1, -0.05) is 40.5 Å². The first-order valence-corrected chi connectivity index (χ1v) is 5.93. The Balaban J connectivity index is 3.13. The van der Waals surface area contributed by atoms with Crippen molar-refractivity contribution in [2.75, 3.05) is 11.5 Å². The maximum absolute atomic E-state index is 2.34. The molecule has 0 amide bonds. The quantitative estimate of drug-likeness (QED) is 0.590. The summed E-state index contributed by atoms with van der Waals surface area (Å²) in [5.41, 5.74) is 0. The Labute approximate surface area is 76.1 Å². The summed E-state index contributed by atoms with van der Waals surface area (Å²) in [6.07, 6.45) is 2.65. The summed E-state index contributed by atoms with van der Waals surface area (Å²) in [7, 11) is 0. The van der Waals surface area contributed by atoms with Gasteiger partial charge in [-0.05, 0) is 23.3 Å². The normalized spacial score (nSPS) is 16.4. The summed E-state index contributed by atoms with van der Waals surface area (Å²) in [6, 6.07) is 0. The van der Waals surface area contributed by atoms with Crippen molar-refractivity contribution in [1.82, 2.24) is 0 Å². The van der Waals surface area contributed by atoms with Gasteiger partial charge < -0.3 is 0 Å². The van der Waals surface area contributed by atoms with Crippen molar-refractivity contribution in [3.8, 4) is 0 Å². The minimum absolute atomic E-state index is 0.907. The smallest absolute Gasteiger partial charge is 0.00418 e. The van der Waals surface area contributed by atoms with Crippen LogP contribution in [0.5, 0.6) is 0 Å². The van der Waals surface area contributed by atoms with Crippen molar-refractivity contribution < 1.29 is 0 Å². The molecule has 68 valence electrons. The van der Waals surface area contributed by atoms with Crippen LogP contribution >= 0.6 is 11.8 Å². The zero-order valence-corrected chi connectivity index (χ0v) is 9.21. The monoisotopic (exact) mass is 174 g/mol. The molecule has 0 rings (SSSR count). The zero-order chi connectivity index (χ0) is 8.69. The molecule has 0 heterocycles. The second kappa shape index (κ2) is 7.02. The van der Waals surface area contributed by atoms with Crippen molar-refractivity contribution >= 4 is 11.8 Å². The van der Waals surface area contributed by atoms with Crippen molar-refractivity contribution in [1.29, 1.82) is 0 Å². The second-order valence-electron chi connectivity index (χ2n) is 3.56. The van der Waals surface area contributed by atoms with Crippen LogP contribution in [0.3, 0.4) is 0 Å². The van der Waals surface area contributed by atoms with Gasteiger partial charge >= 0.3 is 0 Å². The predicted molar refractivity (Wildman–Crippen MR) is 56.2 cm³/mol. The Bertz CT molecular complexity index is 70.9. The van der Waals surface area contributed by atoms with Crippen LogP contribution in [-0.2, 0) is 0 Å². The Morgan fingerprint density at radius 1 is 0.909 bits per heavy atom. The third kappa shape index (κ3) is 6.74. The fraction of sp³-hybridized carbons (Fsp3) is 1.00. The summed E-state index contributed by atoms with van der Waals surface area (Å²) in [4.78, 5) is 0. The van der Waals surface area contributed by atoms with Gasteiger partial charge in [0.15, 0.2) is 0 Å². The topological polar surface area (TPSA) is 0 Å². The van der Waals surface area contributed by atoms with Crippen LogP contribution in [0.15, 0.2) is 0 Å². The number of hydrogen-bond acceptors (Lipinski definition) is 1. The molecular weight excluding hydrogens is 152 g/mol. The Morgan fingerprint density at radius 3 is 1.55 bits per heavy atom. The summed E-state index contributed by atoms with van der Waals surface area (Å²) < 4.78 is 0. The van der Waals surface area contributed by atoms with E-state index in [2.05, 4.69) is 39.5 Å². The molecule has 0 aromatic heterocycles. The fourth-order valence-corrected chi connectivity index (χ4v) is 2.12. The average Bonchev–Trinajstić information content (AvgIpc) is 2.04. The zero-order valence-electron chi connectivity index (χ0n) is 8.39. The number of rotatable bonds is 6. The number of thioether (sulfide) groups is 1. The highest BCUT2D eigenvalue weighted by Gasteiger charge is 2.01. The molecule has 2 atom stereocenters. The van der Waals surface area contributed by atoms with Crippen molar-refractivity contribution in [3.63, 3.8) is 0 Å². The first-order chi connectivity index (χ1) is 5.20. The standard InChI is InChI=1S/C10H22S/c1-5-9(3)7-11-8-10(4)6-2/h9-10H,5-8H2,1-4H3. The minimum Gasteiger partial charge on any atom is -0.161 e.